The number of esters is 1. The zero-order chi connectivity index (χ0) is 16.1. The molecule has 1 heterocycles. The summed E-state index contributed by atoms with van der Waals surface area (Å²) in [4.78, 5) is 16.0. The summed E-state index contributed by atoms with van der Waals surface area (Å²) in [6, 6.07) is 17.5. The van der Waals surface area contributed by atoms with Crippen molar-refractivity contribution in [2.45, 2.75) is 25.5 Å². The van der Waals surface area contributed by atoms with Gasteiger partial charge in [0, 0.05) is 5.71 Å². The molecule has 1 aliphatic heterocycles. The van der Waals surface area contributed by atoms with Gasteiger partial charge >= 0.3 is 5.97 Å². The predicted molar refractivity (Wildman–Crippen MR) is 88.8 cm³/mol. The molecule has 2 aromatic rings. The Morgan fingerprint density at radius 2 is 2.00 bits per heavy atom. The lowest BCUT2D eigenvalue weighted by Gasteiger charge is -2.08. The van der Waals surface area contributed by atoms with E-state index in [9.17, 15) is 4.79 Å². The first-order chi connectivity index (χ1) is 11.3. The van der Waals surface area contributed by atoms with Gasteiger partial charge in [-0.1, -0.05) is 42.5 Å². The van der Waals surface area contributed by atoms with Gasteiger partial charge in [0.2, 0.25) is 0 Å². The van der Waals surface area contributed by atoms with Gasteiger partial charge in [0.1, 0.15) is 18.4 Å². The number of hydrogen-bond acceptors (Lipinski definition) is 4. The highest BCUT2D eigenvalue weighted by molar-refractivity contribution is 6.03. The molecule has 3 rings (SSSR count). The second kappa shape index (κ2) is 7.09. The molecule has 0 saturated carbocycles. The van der Waals surface area contributed by atoms with Crippen LogP contribution in [0.2, 0.25) is 0 Å². The number of hydrogen-bond donors (Lipinski definition) is 0. The molecule has 0 unspecified atom stereocenters. The minimum atomic E-state index is -0.371. The van der Waals surface area contributed by atoms with Crippen molar-refractivity contribution < 1.29 is 14.3 Å². The fourth-order valence-electron chi connectivity index (χ4n) is 2.62. The van der Waals surface area contributed by atoms with E-state index in [-0.39, 0.29) is 12.0 Å². The van der Waals surface area contributed by atoms with Crippen LogP contribution in [0.3, 0.4) is 0 Å². The first-order valence-electron chi connectivity index (χ1n) is 7.68. The van der Waals surface area contributed by atoms with E-state index in [4.69, 9.17) is 9.47 Å². The lowest BCUT2D eigenvalue weighted by atomic mass is 10.1. The Balaban J connectivity index is 1.69. The predicted octanol–water partition coefficient (Wildman–Crippen LogP) is 3.39. The summed E-state index contributed by atoms with van der Waals surface area (Å²) < 4.78 is 10.6. The molecule has 0 N–H and O–H groups in total. The van der Waals surface area contributed by atoms with Crippen LogP contribution >= 0.6 is 0 Å². The van der Waals surface area contributed by atoms with Crippen LogP contribution in [0, 0.1) is 0 Å². The SMILES string of the molecule is COC(=O)[C@@H]1CCC(c2cccc(OCc3ccccc3)c2)=N1. The Morgan fingerprint density at radius 3 is 2.78 bits per heavy atom. The lowest BCUT2D eigenvalue weighted by molar-refractivity contribution is -0.141. The van der Waals surface area contributed by atoms with Crippen LogP contribution in [0.5, 0.6) is 5.75 Å². The zero-order valence-electron chi connectivity index (χ0n) is 13.1. The molecule has 2 aromatic carbocycles. The van der Waals surface area contributed by atoms with E-state index in [1.54, 1.807) is 0 Å². The standard InChI is InChI=1S/C19H19NO3/c1-22-19(21)18-11-10-17(20-18)15-8-5-9-16(12-15)23-13-14-6-3-2-4-7-14/h2-9,12,18H,10-11,13H2,1H3/t18-/m0/s1. The largest absolute Gasteiger partial charge is 0.489 e. The number of methoxy groups -OCH3 is 1. The van der Waals surface area contributed by atoms with E-state index in [1.165, 1.54) is 7.11 Å². The van der Waals surface area contributed by atoms with E-state index < -0.39 is 0 Å². The minimum absolute atomic E-state index is 0.267. The second-order valence-corrected chi connectivity index (χ2v) is 5.46. The maximum Gasteiger partial charge on any atom is 0.330 e. The highest BCUT2D eigenvalue weighted by atomic mass is 16.5. The van der Waals surface area contributed by atoms with Crippen LogP contribution in [-0.2, 0) is 16.1 Å². The van der Waals surface area contributed by atoms with Crippen LogP contribution in [-0.4, -0.2) is 24.8 Å². The van der Waals surface area contributed by atoms with Crippen molar-refractivity contribution in [3.63, 3.8) is 0 Å². The number of benzene rings is 2. The molecule has 0 fully saturated rings. The maximum atomic E-state index is 11.6. The highest BCUT2D eigenvalue weighted by Gasteiger charge is 2.25. The van der Waals surface area contributed by atoms with E-state index >= 15 is 0 Å². The van der Waals surface area contributed by atoms with Gasteiger partial charge in [-0.2, -0.15) is 0 Å². The molecule has 0 aliphatic carbocycles. The van der Waals surface area contributed by atoms with Gasteiger partial charge in [-0.05, 0) is 36.1 Å². The molecule has 23 heavy (non-hydrogen) atoms. The molecule has 0 saturated heterocycles. The molecule has 0 radical (unpaired) electrons. The van der Waals surface area contributed by atoms with Crippen LogP contribution in [0.15, 0.2) is 59.6 Å². The first-order valence-corrected chi connectivity index (χ1v) is 7.68. The van der Waals surface area contributed by atoms with Crippen molar-refractivity contribution in [3.8, 4) is 5.75 Å². The van der Waals surface area contributed by atoms with Gasteiger partial charge in [-0.3, -0.25) is 4.99 Å². The smallest absolute Gasteiger partial charge is 0.330 e. The summed E-state index contributed by atoms with van der Waals surface area (Å²) >= 11 is 0. The molecule has 0 aromatic heterocycles. The first kappa shape index (κ1) is 15.3. The summed E-state index contributed by atoms with van der Waals surface area (Å²) in [5.74, 6) is 0.534. The van der Waals surface area contributed by atoms with Gasteiger partial charge in [0.05, 0.1) is 7.11 Å². The summed E-state index contributed by atoms with van der Waals surface area (Å²) in [7, 11) is 1.40. The molecule has 4 heteroatoms. The normalized spacial score (nSPS) is 16.7. The Labute approximate surface area is 135 Å². The second-order valence-electron chi connectivity index (χ2n) is 5.46. The number of carbonyl (C=O) groups is 1. The fourth-order valence-corrected chi connectivity index (χ4v) is 2.62. The summed E-state index contributed by atoms with van der Waals surface area (Å²) in [5, 5.41) is 0. The van der Waals surface area contributed by atoms with Gasteiger partial charge in [0.25, 0.3) is 0 Å². The summed E-state index contributed by atoms with van der Waals surface area (Å²) in [6.45, 7) is 0.529. The van der Waals surface area contributed by atoms with Crippen molar-refractivity contribution in [1.82, 2.24) is 0 Å². The van der Waals surface area contributed by atoms with E-state index in [0.29, 0.717) is 13.0 Å². The average Bonchev–Trinajstić information content (AvgIpc) is 3.11. The summed E-state index contributed by atoms with van der Waals surface area (Å²) in [5.41, 5.74) is 3.06. The minimum Gasteiger partial charge on any atom is -0.489 e. The highest BCUT2D eigenvalue weighted by Crippen LogP contribution is 2.23. The molecular weight excluding hydrogens is 290 g/mol. The Kier molecular flexibility index (Phi) is 4.71. The number of ether oxygens (including phenoxy) is 2. The molecule has 118 valence electrons. The Morgan fingerprint density at radius 1 is 1.17 bits per heavy atom. The van der Waals surface area contributed by atoms with Crippen LogP contribution in [0.4, 0.5) is 0 Å². The molecular formula is C19H19NO3. The molecule has 0 bridgehead atoms. The van der Waals surface area contributed by atoms with Gasteiger partial charge in [-0.25, -0.2) is 4.79 Å². The Hall–Kier alpha value is -2.62. The third kappa shape index (κ3) is 3.77. The molecule has 1 atom stereocenters. The molecule has 4 nitrogen and oxygen atoms in total. The quantitative estimate of drug-likeness (QED) is 0.795. The van der Waals surface area contributed by atoms with Gasteiger partial charge < -0.3 is 9.47 Å². The van der Waals surface area contributed by atoms with Crippen molar-refractivity contribution in [2.24, 2.45) is 4.99 Å². The maximum absolute atomic E-state index is 11.6. The summed E-state index contributed by atoms with van der Waals surface area (Å²) in [6.07, 6.45) is 1.49. The number of aliphatic imine (C=N–C) groups is 1. The number of carbonyl (C=O) groups excluding carboxylic acids is 1. The fraction of sp³-hybridized carbons (Fsp3) is 0.263. The number of rotatable bonds is 5. The van der Waals surface area contributed by atoms with Gasteiger partial charge in [0.15, 0.2) is 0 Å². The topological polar surface area (TPSA) is 47.9 Å². The zero-order valence-corrected chi connectivity index (χ0v) is 13.1. The monoisotopic (exact) mass is 309 g/mol. The van der Waals surface area contributed by atoms with Crippen LogP contribution in [0.25, 0.3) is 0 Å². The van der Waals surface area contributed by atoms with Crippen LogP contribution < -0.4 is 4.74 Å². The molecule has 0 spiro atoms. The van der Waals surface area contributed by atoms with Crippen LogP contribution in [0.1, 0.15) is 24.0 Å². The van der Waals surface area contributed by atoms with Gasteiger partial charge in [-0.15, -0.1) is 0 Å². The van der Waals surface area contributed by atoms with E-state index in [0.717, 1.165) is 29.0 Å². The average molecular weight is 309 g/mol. The van der Waals surface area contributed by atoms with E-state index in [1.807, 2.05) is 54.6 Å². The third-order valence-corrected chi connectivity index (χ3v) is 3.86. The van der Waals surface area contributed by atoms with Crippen molar-refractivity contribution >= 4 is 11.7 Å². The van der Waals surface area contributed by atoms with E-state index in [2.05, 4.69) is 4.99 Å². The van der Waals surface area contributed by atoms with Crippen molar-refractivity contribution in [1.29, 1.82) is 0 Å². The molecule has 0 amide bonds. The van der Waals surface area contributed by atoms with Crippen molar-refractivity contribution in [2.75, 3.05) is 7.11 Å². The third-order valence-electron chi connectivity index (χ3n) is 3.86. The Bertz CT molecular complexity index is 710. The van der Waals surface area contributed by atoms with Crippen molar-refractivity contribution in [3.05, 3.63) is 65.7 Å². The molecule has 1 aliphatic rings. The lowest BCUT2D eigenvalue weighted by Crippen LogP contribution is -2.16. The number of nitrogens with zero attached hydrogens (tertiary/aromatic N) is 1.